The van der Waals surface area contributed by atoms with Gasteiger partial charge in [-0.2, -0.15) is 0 Å². The van der Waals surface area contributed by atoms with E-state index in [2.05, 4.69) is 43.1 Å². The van der Waals surface area contributed by atoms with Crippen LogP contribution in [0.3, 0.4) is 0 Å². The third-order valence-electron chi connectivity index (χ3n) is 4.73. The molecule has 0 spiro atoms. The third-order valence-corrected chi connectivity index (χ3v) is 5.81. The molecule has 1 N–H and O–H groups in total. The Labute approximate surface area is 130 Å². The summed E-state index contributed by atoms with van der Waals surface area (Å²) in [6.45, 7) is 4.16. The number of aliphatic hydroxyl groups is 1. The van der Waals surface area contributed by atoms with Crippen molar-refractivity contribution in [3.63, 3.8) is 0 Å². The number of aromatic nitrogens is 1. The predicted octanol–water partition coefficient (Wildman–Crippen LogP) is 4.39. The van der Waals surface area contributed by atoms with Gasteiger partial charge in [-0.3, -0.25) is 0 Å². The van der Waals surface area contributed by atoms with Crippen molar-refractivity contribution in [2.24, 2.45) is 0 Å². The van der Waals surface area contributed by atoms with Crippen LogP contribution in [0.1, 0.15) is 52.7 Å². The van der Waals surface area contributed by atoms with E-state index < -0.39 is 5.60 Å². The van der Waals surface area contributed by atoms with Crippen molar-refractivity contribution in [2.75, 3.05) is 0 Å². The second kappa shape index (κ2) is 5.90. The minimum Gasteiger partial charge on any atom is -0.389 e. The standard InChI is InChI=1S/C18H23NOS/c1-13-14(2)21-17(19-13)12-18(20)11-7-6-10-16(18)15-8-4-3-5-9-15/h3-5,8-9,16,20H,6-7,10-12H2,1-2H3. The molecule has 3 rings (SSSR count). The fraction of sp³-hybridized carbons (Fsp3) is 0.500. The van der Waals surface area contributed by atoms with Crippen molar-refractivity contribution in [3.05, 3.63) is 51.5 Å². The summed E-state index contributed by atoms with van der Waals surface area (Å²) in [7, 11) is 0. The van der Waals surface area contributed by atoms with Crippen LogP contribution in [0.25, 0.3) is 0 Å². The molecule has 2 unspecified atom stereocenters. The minimum absolute atomic E-state index is 0.233. The molecule has 3 heteroatoms. The van der Waals surface area contributed by atoms with Crippen molar-refractivity contribution in [2.45, 2.75) is 57.5 Å². The zero-order valence-corrected chi connectivity index (χ0v) is 13.6. The van der Waals surface area contributed by atoms with Gasteiger partial charge >= 0.3 is 0 Å². The number of rotatable bonds is 3. The molecule has 1 aliphatic carbocycles. The molecule has 2 nitrogen and oxygen atoms in total. The fourth-order valence-corrected chi connectivity index (χ4v) is 4.52. The molecule has 1 aliphatic rings. The van der Waals surface area contributed by atoms with Crippen LogP contribution in [0.15, 0.2) is 30.3 Å². The summed E-state index contributed by atoms with van der Waals surface area (Å²) in [4.78, 5) is 5.90. The van der Waals surface area contributed by atoms with Crippen molar-refractivity contribution in [3.8, 4) is 0 Å². The van der Waals surface area contributed by atoms with Crippen LogP contribution >= 0.6 is 11.3 Å². The number of aryl methyl sites for hydroxylation is 2. The molecule has 1 aromatic heterocycles. The molecule has 1 saturated carbocycles. The average Bonchev–Trinajstić information content (AvgIpc) is 2.78. The van der Waals surface area contributed by atoms with Gasteiger partial charge in [0.15, 0.2) is 0 Å². The first-order valence-corrected chi connectivity index (χ1v) is 8.60. The van der Waals surface area contributed by atoms with Crippen molar-refractivity contribution in [1.29, 1.82) is 0 Å². The number of hydrogen-bond donors (Lipinski definition) is 1. The highest BCUT2D eigenvalue weighted by atomic mass is 32.1. The normalized spacial score (nSPS) is 26.0. The summed E-state index contributed by atoms with van der Waals surface area (Å²) in [5.41, 5.74) is 1.73. The van der Waals surface area contributed by atoms with Crippen LogP contribution in [0.4, 0.5) is 0 Å². The fourth-order valence-electron chi connectivity index (χ4n) is 3.47. The maximum absolute atomic E-state index is 11.3. The Bertz CT molecular complexity index is 587. The molecule has 1 fully saturated rings. The zero-order valence-electron chi connectivity index (χ0n) is 12.8. The van der Waals surface area contributed by atoms with Gasteiger partial charge in [0, 0.05) is 17.2 Å². The van der Waals surface area contributed by atoms with Crippen LogP contribution in [0.2, 0.25) is 0 Å². The first kappa shape index (κ1) is 14.7. The lowest BCUT2D eigenvalue weighted by Gasteiger charge is -2.40. The van der Waals surface area contributed by atoms with E-state index in [0.29, 0.717) is 6.42 Å². The summed E-state index contributed by atoms with van der Waals surface area (Å²) in [6, 6.07) is 10.5. The van der Waals surface area contributed by atoms with Gasteiger partial charge in [-0.05, 0) is 32.3 Å². The van der Waals surface area contributed by atoms with E-state index in [1.165, 1.54) is 16.9 Å². The lowest BCUT2D eigenvalue weighted by molar-refractivity contribution is -0.0167. The van der Waals surface area contributed by atoms with Crippen LogP contribution in [0.5, 0.6) is 0 Å². The molecule has 0 radical (unpaired) electrons. The predicted molar refractivity (Wildman–Crippen MR) is 87.9 cm³/mol. The van der Waals surface area contributed by atoms with Crippen LogP contribution in [-0.2, 0) is 6.42 Å². The largest absolute Gasteiger partial charge is 0.389 e. The van der Waals surface area contributed by atoms with Gasteiger partial charge in [-0.15, -0.1) is 11.3 Å². The molecule has 1 aromatic carbocycles. The second-order valence-corrected chi connectivity index (χ2v) is 7.53. The van der Waals surface area contributed by atoms with Crippen molar-refractivity contribution < 1.29 is 5.11 Å². The van der Waals surface area contributed by atoms with Gasteiger partial charge in [0.25, 0.3) is 0 Å². The van der Waals surface area contributed by atoms with Gasteiger partial charge in [0.1, 0.15) is 0 Å². The summed E-state index contributed by atoms with van der Waals surface area (Å²) < 4.78 is 0. The molecule has 0 bridgehead atoms. The van der Waals surface area contributed by atoms with Gasteiger partial charge < -0.3 is 5.11 Å². The highest BCUT2D eigenvalue weighted by Gasteiger charge is 2.40. The maximum Gasteiger partial charge on any atom is 0.0959 e. The first-order valence-electron chi connectivity index (χ1n) is 7.79. The molecular weight excluding hydrogens is 278 g/mol. The molecule has 2 atom stereocenters. The molecule has 0 saturated heterocycles. The molecular formula is C18H23NOS. The highest BCUT2D eigenvalue weighted by Crippen LogP contribution is 2.43. The van der Waals surface area contributed by atoms with E-state index in [0.717, 1.165) is 30.0 Å². The lowest BCUT2D eigenvalue weighted by Crippen LogP contribution is -2.41. The van der Waals surface area contributed by atoms with E-state index in [1.54, 1.807) is 11.3 Å². The second-order valence-electron chi connectivity index (χ2n) is 6.24. The summed E-state index contributed by atoms with van der Waals surface area (Å²) in [5, 5.41) is 12.4. The smallest absolute Gasteiger partial charge is 0.0959 e. The summed E-state index contributed by atoms with van der Waals surface area (Å²) in [5.74, 6) is 0.233. The molecule has 0 amide bonds. The first-order chi connectivity index (χ1) is 10.1. The Morgan fingerprint density at radius 1 is 1.24 bits per heavy atom. The van der Waals surface area contributed by atoms with E-state index >= 15 is 0 Å². The number of thiazole rings is 1. The Balaban J connectivity index is 1.88. The third kappa shape index (κ3) is 3.04. The topological polar surface area (TPSA) is 33.1 Å². The van der Waals surface area contributed by atoms with Gasteiger partial charge in [-0.25, -0.2) is 4.98 Å². The molecule has 1 heterocycles. The highest BCUT2D eigenvalue weighted by molar-refractivity contribution is 7.11. The quantitative estimate of drug-likeness (QED) is 0.912. The number of nitrogens with zero attached hydrogens (tertiary/aromatic N) is 1. The molecule has 2 aromatic rings. The number of hydrogen-bond acceptors (Lipinski definition) is 3. The monoisotopic (exact) mass is 301 g/mol. The maximum atomic E-state index is 11.3. The zero-order chi connectivity index (χ0) is 14.9. The van der Waals surface area contributed by atoms with Gasteiger partial charge in [0.05, 0.1) is 16.3 Å². The van der Waals surface area contributed by atoms with Crippen molar-refractivity contribution >= 4 is 11.3 Å². The van der Waals surface area contributed by atoms with Crippen molar-refractivity contribution in [1.82, 2.24) is 4.98 Å². The van der Waals surface area contributed by atoms with Crippen LogP contribution < -0.4 is 0 Å². The van der Waals surface area contributed by atoms with E-state index in [4.69, 9.17) is 0 Å². The molecule has 112 valence electrons. The average molecular weight is 301 g/mol. The Hall–Kier alpha value is -1.19. The van der Waals surface area contributed by atoms with Gasteiger partial charge in [0.2, 0.25) is 0 Å². The van der Waals surface area contributed by atoms with E-state index in [-0.39, 0.29) is 5.92 Å². The molecule has 21 heavy (non-hydrogen) atoms. The Morgan fingerprint density at radius 3 is 2.67 bits per heavy atom. The van der Waals surface area contributed by atoms with E-state index in [9.17, 15) is 5.11 Å². The summed E-state index contributed by atoms with van der Waals surface area (Å²) in [6.07, 6.45) is 4.96. The Morgan fingerprint density at radius 2 is 2.00 bits per heavy atom. The SMILES string of the molecule is Cc1nc(CC2(O)CCCCC2c2ccccc2)sc1C. The Kier molecular flexibility index (Phi) is 4.14. The summed E-state index contributed by atoms with van der Waals surface area (Å²) >= 11 is 1.73. The minimum atomic E-state index is -0.643. The van der Waals surface area contributed by atoms with Crippen LogP contribution in [0, 0.1) is 13.8 Å². The van der Waals surface area contributed by atoms with Gasteiger partial charge in [-0.1, -0.05) is 43.2 Å². The number of benzene rings is 1. The van der Waals surface area contributed by atoms with E-state index in [1.807, 2.05) is 6.07 Å². The van der Waals surface area contributed by atoms with Crippen LogP contribution in [-0.4, -0.2) is 15.7 Å². The molecule has 0 aliphatic heterocycles. The lowest BCUT2D eigenvalue weighted by atomic mass is 9.70.